The number of carbonyl (C=O) groups is 1. The van der Waals surface area contributed by atoms with Crippen LogP contribution in [-0.4, -0.2) is 65.8 Å². The molecular formula is C25H31N5O4S. The molecule has 0 spiro atoms. The summed E-state index contributed by atoms with van der Waals surface area (Å²) < 4.78 is 31.5. The summed E-state index contributed by atoms with van der Waals surface area (Å²) in [6.07, 6.45) is 5.73. The van der Waals surface area contributed by atoms with Crippen molar-refractivity contribution in [2.45, 2.75) is 32.4 Å². The van der Waals surface area contributed by atoms with Gasteiger partial charge in [-0.1, -0.05) is 36.4 Å². The normalized spacial score (nSPS) is 15.0. The maximum absolute atomic E-state index is 13.1. The molecular weight excluding hydrogens is 466 g/mol. The molecule has 10 heteroatoms. The van der Waals surface area contributed by atoms with Gasteiger partial charge in [0.15, 0.2) is 0 Å². The van der Waals surface area contributed by atoms with Gasteiger partial charge in [-0.25, -0.2) is 17.5 Å². The molecule has 2 aromatic carbocycles. The van der Waals surface area contributed by atoms with Crippen LogP contribution in [0.1, 0.15) is 25.3 Å². The fourth-order valence-electron chi connectivity index (χ4n) is 4.10. The highest BCUT2D eigenvalue weighted by molar-refractivity contribution is 7.88. The van der Waals surface area contributed by atoms with Crippen LogP contribution in [-0.2, 0) is 16.6 Å². The van der Waals surface area contributed by atoms with Gasteiger partial charge in [-0.3, -0.25) is 5.10 Å². The van der Waals surface area contributed by atoms with Crippen LogP contribution in [0.25, 0.3) is 11.1 Å². The van der Waals surface area contributed by atoms with Crippen molar-refractivity contribution in [2.75, 3.05) is 31.2 Å². The molecule has 0 radical (unpaired) electrons. The van der Waals surface area contributed by atoms with Crippen LogP contribution in [0.2, 0.25) is 0 Å². The molecule has 2 amide bonds. The van der Waals surface area contributed by atoms with Crippen molar-refractivity contribution in [2.24, 2.45) is 0 Å². The number of sulfonamides is 1. The van der Waals surface area contributed by atoms with Gasteiger partial charge in [-0.15, -0.1) is 0 Å². The van der Waals surface area contributed by atoms with E-state index in [0.29, 0.717) is 50.5 Å². The van der Waals surface area contributed by atoms with Crippen molar-refractivity contribution < 1.29 is 17.9 Å². The Bertz CT molecular complexity index is 1220. The van der Waals surface area contributed by atoms with E-state index < -0.39 is 10.0 Å². The summed E-state index contributed by atoms with van der Waals surface area (Å²) in [6.45, 7) is 3.81. The molecule has 1 aliphatic heterocycles. The van der Waals surface area contributed by atoms with Gasteiger partial charge < -0.3 is 15.0 Å². The van der Waals surface area contributed by atoms with Gasteiger partial charge in [-0.05, 0) is 43.0 Å². The lowest BCUT2D eigenvalue weighted by atomic mass is 10.1. The van der Waals surface area contributed by atoms with Gasteiger partial charge in [0.2, 0.25) is 10.0 Å². The SMILES string of the molecule is CCN(Cc1ccccc1)C(=O)Nc1ccc(-c2cn[nH]c2)cc1OC1CCN(S(C)(=O)=O)CC1. The maximum atomic E-state index is 13.1. The minimum absolute atomic E-state index is 0.158. The molecule has 0 bridgehead atoms. The third-order valence-electron chi connectivity index (χ3n) is 6.10. The number of urea groups is 1. The Morgan fingerprint density at radius 1 is 1.17 bits per heavy atom. The van der Waals surface area contributed by atoms with E-state index in [2.05, 4.69) is 15.5 Å². The molecule has 9 nitrogen and oxygen atoms in total. The van der Waals surface area contributed by atoms with E-state index in [1.165, 1.54) is 10.6 Å². The van der Waals surface area contributed by atoms with Gasteiger partial charge in [0, 0.05) is 37.9 Å². The zero-order chi connectivity index (χ0) is 24.8. The average Bonchev–Trinajstić information content (AvgIpc) is 3.39. The van der Waals surface area contributed by atoms with Crippen LogP contribution in [0.4, 0.5) is 10.5 Å². The number of ether oxygens (including phenoxy) is 1. The number of anilines is 1. The second kappa shape index (κ2) is 10.9. The van der Waals surface area contributed by atoms with E-state index in [1.807, 2.05) is 55.5 Å². The lowest BCUT2D eigenvalue weighted by Crippen LogP contribution is -2.41. The lowest BCUT2D eigenvalue weighted by Gasteiger charge is -2.31. The van der Waals surface area contributed by atoms with Crippen molar-refractivity contribution in [1.82, 2.24) is 19.4 Å². The van der Waals surface area contributed by atoms with E-state index in [4.69, 9.17) is 4.74 Å². The summed E-state index contributed by atoms with van der Waals surface area (Å²) in [6, 6.07) is 15.3. The molecule has 1 aliphatic rings. The molecule has 0 aliphatic carbocycles. The number of piperidine rings is 1. The molecule has 0 unspecified atom stereocenters. The van der Waals surface area contributed by atoms with Crippen molar-refractivity contribution >= 4 is 21.7 Å². The first kappa shape index (κ1) is 24.7. The molecule has 186 valence electrons. The molecule has 2 N–H and O–H groups in total. The average molecular weight is 498 g/mol. The molecule has 1 fully saturated rings. The Hall–Kier alpha value is -3.37. The standard InChI is InChI=1S/C25H31N5O4S/c1-3-29(18-19-7-5-4-6-8-19)25(31)28-23-10-9-20(21-16-26-27-17-21)15-24(23)34-22-11-13-30(14-12-22)35(2,32)33/h4-10,15-17,22H,3,11-14,18H2,1-2H3,(H,26,27)(H,28,31). The fraction of sp³-hybridized carbons (Fsp3) is 0.360. The van der Waals surface area contributed by atoms with Gasteiger partial charge in [-0.2, -0.15) is 5.10 Å². The zero-order valence-electron chi connectivity index (χ0n) is 20.0. The van der Waals surface area contributed by atoms with Gasteiger partial charge >= 0.3 is 6.03 Å². The first-order chi connectivity index (χ1) is 16.8. The predicted octanol–water partition coefficient (Wildman–Crippen LogP) is 3.93. The fourth-order valence-corrected chi connectivity index (χ4v) is 4.97. The maximum Gasteiger partial charge on any atom is 0.322 e. The van der Waals surface area contributed by atoms with Crippen LogP contribution >= 0.6 is 0 Å². The third kappa shape index (κ3) is 6.40. The highest BCUT2D eigenvalue weighted by Crippen LogP contribution is 2.33. The summed E-state index contributed by atoms with van der Waals surface area (Å²) in [5, 5.41) is 9.84. The van der Waals surface area contributed by atoms with Gasteiger partial charge in [0.05, 0.1) is 18.1 Å². The van der Waals surface area contributed by atoms with Crippen molar-refractivity contribution in [3.63, 3.8) is 0 Å². The van der Waals surface area contributed by atoms with E-state index in [9.17, 15) is 13.2 Å². The Morgan fingerprint density at radius 2 is 1.91 bits per heavy atom. The first-order valence-electron chi connectivity index (χ1n) is 11.7. The quantitative estimate of drug-likeness (QED) is 0.490. The van der Waals surface area contributed by atoms with E-state index in [-0.39, 0.29) is 12.1 Å². The minimum atomic E-state index is -3.22. The monoisotopic (exact) mass is 497 g/mol. The van der Waals surface area contributed by atoms with Gasteiger partial charge in [0.1, 0.15) is 11.9 Å². The summed E-state index contributed by atoms with van der Waals surface area (Å²) in [5.41, 5.74) is 3.42. The second-order valence-electron chi connectivity index (χ2n) is 8.61. The number of nitrogens with zero attached hydrogens (tertiary/aromatic N) is 3. The molecule has 3 aromatic rings. The van der Waals surface area contributed by atoms with Crippen molar-refractivity contribution in [3.05, 3.63) is 66.5 Å². The van der Waals surface area contributed by atoms with Crippen LogP contribution in [0.3, 0.4) is 0 Å². The summed E-state index contributed by atoms with van der Waals surface area (Å²) in [7, 11) is -3.22. The first-order valence-corrected chi connectivity index (χ1v) is 13.5. The van der Waals surface area contributed by atoms with E-state index >= 15 is 0 Å². The van der Waals surface area contributed by atoms with Crippen molar-refractivity contribution in [1.29, 1.82) is 0 Å². The summed E-state index contributed by atoms with van der Waals surface area (Å²) >= 11 is 0. The Kier molecular flexibility index (Phi) is 7.72. The second-order valence-corrected chi connectivity index (χ2v) is 10.6. The van der Waals surface area contributed by atoms with E-state index in [0.717, 1.165) is 16.7 Å². The minimum Gasteiger partial charge on any atom is -0.488 e. The molecule has 2 heterocycles. The van der Waals surface area contributed by atoms with Crippen molar-refractivity contribution in [3.8, 4) is 16.9 Å². The molecule has 35 heavy (non-hydrogen) atoms. The van der Waals surface area contributed by atoms with Crippen LogP contribution < -0.4 is 10.1 Å². The topological polar surface area (TPSA) is 108 Å². The highest BCUT2D eigenvalue weighted by Gasteiger charge is 2.27. The van der Waals surface area contributed by atoms with Crippen LogP contribution in [0, 0.1) is 0 Å². The molecule has 4 rings (SSSR count). The molecule has 0 atom stereocenters. The van der Waals surface area contributed by atoms with Crippen LogP contribution in [0.5, 0.6) is 5.75 Å². The lowest BCUT2D eigenvalue weighted by molar-refractivity contribution is 0.136. The number of amides is 2. The number of nitrogens with one attached hydrogen (secondary N) is 2. The predicted molar refractivity (Wildman–Crippen MR) is 136 cm³/mol. The number of rotatable bonds is 8. The van der Waals surface area contributed by atoms with E-state index in [1.54, 1.807) is 17.3 Å². The number of carbonyl (C=O) groups excluding carboxylic acids is 1. The summed E-state index contributed by atoms with van der Waals surface area (Å²) in [5.74, 6) is 0.547. The zero-order valence-corrected chi connectivity index (χ0v) is 20.8. The molecule has 1 saturated heterocycles. The third-order valence-corrected chi connectivity index (χ3v) is 7.41. The smallest absolute Gasteiger partial charge is 0.322 e. The van der Waals surface area contributed by atoms with Crippen LogP contribution in [0.15, 0.2) is 60.9 Å². The molecule has 1 aromatic heterocycles. The number of hydrogen-bond donors (Lipinski definition) is 2. The number of hydrogen-bond acceptors (Lipinski definition) is 5. The number of aromatic nitrogens is 2. The van der Waals surface area contributed by atoms with Gasteiger partial charge in [0.25, 0.3) is 0 Å². The Morgan fingerprint density at radius 3 is 2.54 bits per heavy atom. The highest BCUT2D eigenvalue weighted by atomic mass is 32.2. The molecule has 0 saturated carbocycles. The number of H-pyrrole nitrogens is 1. The Balaban J connectivity index is 1.52. The largest absolute Gasteiger partial charge is 0.488 e. The Labute approximate surface area is 206 Å². The summed E-state index contributed by atoms with van der Waals surface area (Å²) in [4.78, 5) is 14.9. The number of aromatic amines is 1. The number of benzene rings is 2.